The number of hydrogen-bond donors (Lipinski definition) is 1. The van der Waals surface area contributed by atoms with E-state index in [0.29, 0.717) is 6.61 Å². The fourth-order valence-corrected chi connectivity index (χ4v) is 5.02. The highest BCUT2D eigenvalue weighted by Gasteiger charge is 2.43. The van der Waals surface area contributed by atoms with Crippen molar-refractivity contribution in [2.24, 2.45) is 0 Å². The molecule has 0 aromatic carbocycles. The zero-order chi connectivity index (χ0) is 14.9. The van der Waals surface area contributed by atoms with Crippen LogP contribution < -0.4 is 0 Å². The molecule has 0 radical (unpaired) electrons. The maximum Gasteiger partial charge on any atom is 0.308 e. The Balaban J connectivity index is 1.52. The minimum atomic E-state index is -0.811. The van der Waals surface area contributed by atoms with Crippen molar-refractivity contribution in [3.8, 4) is 0 Å². The van der Waals surface area contributed by atoms with Crippen LogP contribution in [0.1, 0.15) is 36.3 Å². The number of rotatable bonds is 5. The largest absolute Gasteiger partial charge is 0.481 e. The number of thiazole rings is 1. The zero-order valence-corrected chi connectivity index (χ0v) is 13.6. The first-order valence-corrected chi connectivity index (χ1v) is 8.99. The third-order valence-corrected chi connectivity index (χ3v) is 6.29. The maximum atomic E-state index is 10.8. The molecule has 1 aliphatic carbocycles. The maximum absolute atomic E-state index is 10.8. The van der Waals surface area contributed by atoms with Crippen LogP contribution in [0.2, 0.25) is 0 Å². The van der Waals surface area contributed by atoms with Gasteiger partial charge in [0.15, 0.2) is 5.79 Å². The molecule has 1 aromatic heterocycles. The van der Waals surface area contributed by atoms with Crippen LogP contribution in [0.15, 0.2) is 4.34 Å². The van der Waals surface area contributed by atoms with E-state index in [4.69, 9.17) is 14.6 Å². The average molecular weight is 329 g/mol. The van der Waals surface area contributed by atoms with Gasteiger partial charge in [-0.15, -0.1) is 11.3 Å². The summed E-state index contributed by atoms with van der Waals surface area (Å²) in [5.41, 5.74) is 0.820. The summed E-state index contributed by atoms with van der Waals surface area (Å²) in [5, 5.41) is 8.86. The van der Waals surface area contributed by atoms with E-state index in [9.17, 15) is 4.79 Å². The number of carbonyl (C=O) groups is 1. The summed E-state index contributed by atoms with van der Waals surface area (Å²) >= 11 is 3.10. The number of aliphatic carboxylic acids is 1. The summed E-state index contributed by atoms with van der Waals surface area (Å²) in [7, 11) is 0. The van der Waals surface area contributed by atoms with Crippen molar-refractivity contribution in [3.63, 3.8) is 0 Å². The van der Waals surface area contributed by atoms with E-state index in [0.717, 1.165) is 33.5 Å². The second kappa shape index (κ2) is 6.24. The molecular weight excluding hydrogens is 310 g/mol. The van der Waals surface area contributed by atoms with Gasteiger partial charge in [0.05, 0.1) is 24.8 Å². The zero-order valence-electron chi connectivity index (χ0n) is 12.0. The number of hydrogen-bond acceptors (Lipinski definition) is 6. The van der Waals surface area contributed by atoms with Crippen LogP contribution in [-0.2, 0) is 20.7 Å². The molecule has 1 aliphatic heterocycles. The van der Waals surface area contributed by atoms with Gasteiger partial charge in [-0.1, -0.05) is 11.8 Å². The molecule has 2 heterocycles. The molecule has 1 aromatic rings. The summed E-state index contributed by atoms with van der Waals surface area (Å²) in [6.07, 6.45) is 4.55. The van der Waals surface area contributed by atoms with Gasteiger partial charge in [-0.2, -0.15) is 0 Å². The van der Waals surface area contributed by atoms with E-state index in [1.54, 1.807) is 11.8 Å². The monoisotopic (exact) mass is 329 g/mol. The second-order valence-electron chi connectivity index (χ2n) is 5.54. The predicted molar refractivity (Wildman–Crippen MR) is 80.9 cm³/mol. The molecule has 5 nitrogen and oxygen atoms in total. The van der Waals surface area contributed by atoms with E-state index in [1.165, 1.54) is 24.2 Å². The van der Waals surface area contributed by atoms with E-state index in [1.807, 2.05) is 6.92 Å². The first-order valence-electron chi connectivity index (χ1n) is 7.19. The van der Waals surface area contributed by atoms with Gasteiger partial charge < -0.3 is 14.6 Å². The highest BCUT2D eigenvalue weighted by molar-refractivity contribution is 8.01. The lowest BCUT2D eigenvalue weighted by molar-refractivity contribution is -0.159. The van der Waals surface area contributed by atoms with Crippen molar-refractivity contribution >= 4 is 29.1 Å². The van der Waals surface area contributed by atoms with Crippen LogP contribution in [0.5, 0.6) is 0 Å². The molecular formula is C14H19NO4S2. The summed E-state index contributed by atoms with van der Waals surface area (Å²) in [6.45, 7) is 2.51. The Morgan fingerprint density at radius 2 is 2.29 bits per heavy atom. The Morgan fingerprint density at radius 1 is 1.52 bits per heavy atom. The highest BCUT2D eigenvalue weighted by Crippen LogP contribution is 2.40. The SMILES string of the molecule is Cc1nc(SCC2COC3(CCCC3)O2)sc1CC(=O)O. The number of carboxylic acids is 1. The van der Waals surface area contributed by atoms with Crippen LogP contribution in [0.3, 0.4) is 0 Å². The third-order valence-electron chi connectivity index (χ3n) is 3.86. The molecule has 1 saturated carbocycles. The van der Waals surface area contributed by atoms with Crippen LogP contribution >= 0.6 is 23.1 Å². The van der Waals surface area contributed by atoms with Crippen LogP contribution in [0, 0.1) is 6.92 Å². The molecule has 2 aliphatic rings. The lowest BCUT2D eigenvalue weighted by atomic mass is 10.2. The normalized spacial score (nSPS) is 24.0. The van der Waals surface area contributed by atoms with E-state index < -0.39 is 5.97 Å². The minimum Gasteiger partial charge on any atom is -0.481 e. The lowest BCUT2D eigenvalue weighted by Gasteiger charge is -2.21. The van der Waals surface area contributed by atoms with Crippen LogP contribution in [-0.4, -0.2) is 40.3 Å². The molecule has 1 N–H and O–H groups in total. The number of aryl methyl sites for hydroxylation is 1. The van der Waals surface area contributed by atoms with Crippen molar-refractivity contribution in [1.29, 1.82) is 0 Å². The molecule has 1 atom stereocenters. The van der Waals surface area contributed by atoms with E-state index >= 15 is 0 Å². The third kappa shape index (κ3) is 3.59. The van der Waals surface area contributed by atoms with Crippen molar-refractivity contribution in [2.75, 3.05) is 12.4 Å². The molecule has 0 bridgehead atoms. The summed E-state index contributed by atoms with van der Waals surface area (Å²) in [4.78, 5) is 16.0. The van der Waals surface area contributed by atoms with Gasteiger partial charge in [0, 0.05) is 23.5 Å². The summed E-state index contributed by atoms with van der Waals surface area (Å²) in [6, 6.07) is 0. The van der Waals surface area contributed by atoms with Crippen LogP contribution in [0.4, 0.5) is 0 Å². The van der Waals surface area contributed by atoms with Crippen molar-refractivity contribution in [2.45, 2.75) is 55.3 Å². The number of carboxylic acid groups (broad SMARTS) is 1. The Hall–Kier alpha value is -0.630. The Labute approximate surface area is 132 Å². The first kappa shape index (κ1) is 15.3. The summed E-state index contributed by atoms with van der Waals surface area (Å²) in [5.74, 6) is -0.311. The molecule has 2 fully saturated rings. The number of ether oxygens (including phenoxy) is 2. The fourth-order valence-electron chi connectivity index (χ4n) is 2.80. The Morgan fingerprint density at radius 3 is 3.00 bits per heavy atom. The Bertz CT molecular complexity index is 525. The topological polar surface area (TPSA) is 68.7 Å². The molecule has 116 valence electrons. The molecule has 1 spiro atoms. The van der Waals surface area contributed by atoms with Crippen molar-refractivity contribution in [3.05, 3.63) is 10.6 Å². The van der Waals surface area contributed by atoms with E-state index in [-0.39, 0.29) is 18.3 Å². The average Bonchev–Trinajstić information content (AvgIpc) is 3.12. The van der Waals surface area contributed by atoms with Gasteiger partial charge in [0.2, 0.25) is 0 Å². The van der Waals surface area contributed by atoms with Gasteiger partial charge in [0.25, 0.3) is 0 Å². The van der Waals surface area contributed by atoms with Crippen molar-refractivity contribution in [1.82, 2.24) is 4.98 Å². The highest BCUT2D eigenvalue weighted by atomic mass is 32.2. The molecule has 1 saturated heterocycles. The van der Waals surface area contributed by atoms with Gasteiger partial charge in [-0.25, -0.2) is 4.98 Å². The number of nitrogens with zero attached hydrogens (tertiary/aromatic N) is 1. The van der Waals surface area contributed by atoms with Crippen LogP contribution in [0.25, 0.3) is 0 Å². The number of thioether (sulfide) groups is 1. The van der Waals surface area contributed by atoms with Crippen molar-refractivity contribution < 1.29 is 19.4 Å². The minimum absolute atomic E-state index is 0.0518. The van der Waals surface area contributed by atoms with Gasteiger partial charge >= 0.3 is 5.97 Å². The smallest absolute Gasteiger partial charge is 0.308 e. The van der Waals surface area contributed by atoms with Gasteiger partial charge in [0.1, 0.15) is 4.34 Å². The molecule has 21 heavy (non-hydrogen) atoms. The molecule has 7 heteroatoms. The molecule has 3 rings (SSSR count). The first-order chi connectivity index (χ1) is 10.1. The molecule has 0 amide bonds. The van der Waals surface area contributed by atoms with Gasteiger partial charge in [-0.05, 0) is 19.8 Å². The van der Waals surface area contributed by atoms with E-state index in [2.05, 4.69) is 4.98 Å². The fraction of sp³-hybridized carbons (Fsp3) is 0.714. The second-order valence-corrected chi connectivity index (χ2v) is 7.89. The number of aromatic nitrogens is 1. The predicted octanol–water partition coefficient (Wildman–Crippen LogP) is 2.86. The lowest BCUT2D eigenvalue weighted by Crippen LogP contribution is -2.27. The summed E-state index contributed by atoms with van der Waals surface area (Å²) < 4.78 is 12.8. The molecule has 1 unspecified atom stereocenters. The standard InChI is InChI=1S/C14H19NO4S2/c1-9-11(6-12(16)17)21-13(15-9)20-8-10-7-18-14(19-10)4-2-3-5-14/h10H,2-8H2,1H3,(H,16,17). The van der Waals surface area contributed by atoms with Gasteiger partial charge in [-0.3, -0.25) is 4.79 Å². The Kier molecular flexibility index (Phi) is 4.54. The quantitative estimate of drug-likeness (QED) is 0.838.